The Morgan fingerprint density at radius 3 is 2.31 bits per heavy atom. The molecule has 88 valence electrons. The number of anilines is 1. The molecule has 0 aliphatic carbocycles. The molecular weight excluding hydrogens is 198 g/mol. The third kappa shape index (κ3) is 2.97. The second-order valence-corrected chi connectivity index (χ2v) is 4.60. The number of piperazine rings is 1. The van der Waals surface area contributed by atoms with E-state index in [9.17, 15) is 0 Å². The summed E-state index contributed by atoms with van der Waals surface area (Å²) in [5, 5.41) is 0. The van der Waals surface area contributed by atoms with Gasteiger partial charge in [0.05, 0.1) is 0 Å². The lowest BCUT2D eigenvalue weighted by molar-refractivity contribution is 0.247. The fourth-order valence-corrected chi connectivity index (χ4v) is 2.23. The van der Waals surface area contributed by atoms with Gasteiger partial charge in [-0.1, -0.05) is 18.2 Å². The second-order valence-electron chi connectivity index (χ2n) is 4.60. The first-order valence-electron chi connectivity index (χ1n) is 6.03. The highest BCUT2D eigenvalue weighted by molar-refractivity contribution is 5.46. The van der Waals surface area contributed by atoms with Crippen LogP contribution in [0.1, 0.15) is 6.92 Å². The molecule has 1 fully saturated rings. The van der Waals surface area contributed by atoms with E-state index in [0.29, 0.717) is 0 Å². The molecule has 1 aliphatic rings. The number of nitrogens with zero attached hydrogens (tertiary/aromatic N) is 2. The van der Waals surface area contributed by atoms with Gasteiger partial charge in [-0.2, -0.15) is 0 Å². The highest BCUT2D eigenvalue weighted by Crippen LogP contribution is 2.15. The first kappa shape index (κ1) is 11.4. The summed E-state index contributed by atoms with van der Waals surface area (Å²) in [4.78, 5) is 4.89. The van der Waals surface area contributed by atoms with Crippen LogP contribution in [0, 0.1) is 0 Å². The summed E-state index contributed by atoms with van der Waals surface area (Å²) in [6.45, 7) is 7.55. The van der Waals surface area contributed by atoms with Gasteiger partial charge in [-0.15, -0.1) is 0 Å². The maximum Gasteiger partial charge on any atom is 0.0367 e. The first-order chi connectivity index (χ1) is 7.75. The summed E-state index contributed by atoms with van der Waals surface area (Å²) in [5.41, 5.74) is 7.15. The van der Waals surface area contributed by atoms with Crippen LogP contribution in [0.3, 0.4) is 0 Å². The molecule has 0 unspecified atom stereocenters. The average molecular weight is 219 g/mol. The Bertz CT molecular complexity index is 302. The van der Waals surface area contributed by atoms with Crippen molar-refractivity contribution < 1.29 is 0 Å². The molecular formula is C13H21N3. The standard InChI is InChI=1S/C13H21N3/c1-12(14)11-15-7-9-16(10-8-15)13-5-3-2-4-6-13/h2-6,12H,7-11,14H2,1H3/t12-/m1/s1. The maximum absolute atomic E-state index is 5.81. The van der Waals surface area contributed by atoms with Gasteiger partial charge in [0.2, 0.25) is 0 Å². The molecule has 1 saturated heterocycles. The summed E-state index contributed by atoms with van der Waals surface area (Å²) in [5.74, 6) is 0. The summed E-state index contributed by atoms with van der Waals surface area (Å²) in [6, 6.07) is 10.9. The Morgan fingerprint density at radius 1 is 1.12 bits per heavy atom. The molecule has 0 spiro atoms. The van der Waals surface area contributed by atoms with E-state index in [0.717, 1.165) is 32.7 Å². The summed E-state index contributed by atoms with van der Waals surface area (Å²) in [6.07, 6.45) is 0. The van der Waals surface area contributed by atoms with Crippen LogP contribution < -0.4 is 10.6 Å². The minimum Gasteiger partial charge on any atom is -0.369 e. The van der Waals surface area contributed by atoms with Gasteiger partial charge in [-0.3, -0.25) is 4.90 Å². The van der Waals surface area contributed by atoms with Crippen molar-refractivity contribution in [1.82, 2.24) is 4.90 Å². The minimum atomic E-state index is 0.281. The smallest absolute Gasteiger partial charge is 0.0367 e. The monoisotopic (exact) mass is 219 g/mol. The fourth-order valence-electron chi connectivity index (χ4n) is 2.23. The summed E-state index contributed by atoms with van der Waals surface area (Å²) < 4.78 is 0. The van der Waals surface area contributed by atoms with Crippen molar-refractivity contribution in [1.29, 1.82) is 0 Å². The molecule has 2 rings (SSSR count). The van der Waals surface area contributed by atoms with Gasteiger partial charge in [-0.25, -0.2) is 0 Å². The van der Waals surface area contributed by atoms with Crippen LogP contribution in [0.2, 0.25) is 0 Å². The third-order valence-electron chi connectivity index (χ3n) is 3.04. The van der Waals surface area contributed by atoms with E-state index >= 15 is 0 Å². The topological polar surface area (TPSA) is 32.5 Å². The Labute approximate surface area is 97.8 Å². The molecule has 1 aromatic rings. The molecule has 0 saturated carbocycles. The Morgan fingerprint density at radius 2 is 1.75 bits per heavy atom. The maximum atomic E-state index is 5.81. The third-order valence-corrected chi connectivity index (χ3v) is 3.04. The number of hydrogen-bond acceptors (Lipinski definition) is 3. The highest BCUT2D eigenvalue weighted by atomic mass is 15.3. The summed E-state index contributed by atoms with van der Waals surface area (Å²) in [7, 11) is 0. The van der Waals surface area contributed by atoms with Crippen LogP contribution in [0.4, 0.5) is 5.69 Å². The Hall–Kier alpha value is -1.06. The van der Waals surface area contributed by atoms with Crippen molar-refractivity contribution in [3.8, 4) is 0 Å². The quantitative estimate of drug-likeness (QED) is 0.828. The Kier molecular flexibility index (Phi) is 3.80. The molecule has 1 aromatic carbocycles. The molecule has 0 bridgehead atoms. The van der Waals surface area contributed by atoms with Crippen molar-refractivity contribution in [3.05, 3.63) is 30.3 Å². The zero-order valence-corrected chi connectivity index (χ0v) is 9.97. The predicted octanol–water partition coefficient (Wildman–Crippen LogP) is 1.16. The molecule has 2 N–H and O–H groups in total. The van der Waals surface area contributed by atoms with Gasteiger partial charge in [0.15, 0.2) is 0 Å². The minimum absolute atomic E-state index is 0.281. The number of nitrogens with two attached hydrogens (primary N) is 1. The van der Waals surface area contributed by atoms with E-state index in [-0.39, 0.29) is 6.04 Å². The zero-order chi connectivity index (χ0) is 11.4. The predicted molar refractivity (Wildman–Crippen MR) is 68.7 cm³/mol. The number of benzene rings is 1. The van der Waals surface area contributed by atoms with E-state index in [1.165, 1.54) is 5.69 Å². The van der Waals surface area contributed by atoms with Gasteiger partial charge in [0, 0.05) is 44.5 Å². The largest absolute Gasteiger partial charge is 0.369 e. The van der Waals surface area contributed by atoms with Crippen LogP contribution >= 0.6 is 0 Å². The molecule has 0 radical (unpaired) electrons. The van der Waals surface area contributed by atoms with Crippen LogP contribution in [0.15, 0.2) is 30.3 Å². The van der Waals surface area contributed by atoms with Crippen molar-refractivity contribution in [2.24, 2.45) is 5.73 Å². The van der Waals surface area contributed by atoms with Gasteiger partial charge in [-0.05, 0) is 19.1 Å². The molecule has 16 heavy (non-hydrogen) atoms. The number of hydrogen-bond donors (Lipinski definition) is 1. The van der Waals surface area contributed by atoms with E-state index in [1.54, 1.807) is 0 Å². The normalized spacial score (nSPS) is 19.8. The van der Waals surface area contributed by atoms with Gasteiger partial charge >= 0.3 is 0 Å². The van der Waals surface area contributed by atoms with E-state index in [1.807, 2.05) is 0 Å². The van der Waals surface area contributed by atoms with E-state index in [4.69, 9.17) is 5.73 Å². The molecule has 1 atom stereocenters. The highest BCUT2D eigenvalue weighted by Gasteiger charge is 2.17. The molecule has 3 nitrogen and oxygen atoms in total. The van der Waals surface area contributed by atoms with Gasteiger partial charge < -0.3 is 10.6 Å². The van der Waals surface area contributed by atoms with Gasteiger partial charge in [0.1, 0.15) is 0 Å². The Balaban J connectivity index is 1.86. The van der Waals surface area contributed by atoms with Crippen LogP contribution in [0.5, 0.6) is 0 Å². The second kappa shape index (κ2) is 5.32. The summed E-state index contributed by atoms with van der Waals surface area (Å²) >= 11 is 0. The molecule has 0 amide bonds. The molecule has 1 aliphatic heterocycles. The molecule has 1 heterocycles. The molecule has 3 heteroatoms. The van der Waals surface area contributed by atoms with Crippen molar-refractivity contribution in [3.63, 3.8) is 0 Å². The van der Waals surface area contributed by atoms with Crippen molar-refractivity contribution >= 4 is 5.69 Å². The number of rotatable bonds is 3. The lowest BCUT2D eigenvalue weighted by Gasteiger charge is -2.36. The zero-order valence-electron chi connectivity index (χ0n) is 9.97. The van der Waals surface area contributed by atoms with Gasteiger partial charge in [0.25, 0.3) is 0 Å². The average Bonchev–Trinajstić information content (AvgIpc) is 2.30. The number of para-hydroxylation sites is 1. The lowest BCUT2D eigenvalue weighted by Crippen LogP contribution is -2.49. The van der Waals surface area contributed by atoms with Crippen LogP contribution in [0.25, 0.3) is 0 Å². The SMILES string of the molecule is C[C@@H](N)CN1CCN(c2ccccc2)CC1. The van der Waals surface area contributed by atoms with Crippen LogP contribution in [-0.4, -0.2) is 43.7 Å². The van der Waals surface area contributed by atoms with E-state index < -0.39 is 0 Å². The van der Waals surface area contributed by atoms with Crippen molar-refractivity contribution in [2.75, 3.05) is 37.6 Å². The van der Waals surface area contributed by atoms with Crippen LogP contribution in [-0.2, 0) is 0 Å². The van der Waals surface area contributed by atoms with Crippen molar-refractivity contribution in [2.45, 2.75) is 13.0 Å². The fraction of sp³-hybridized carbons (Fsp3) is 0.538. The lowest BCUT2D eigenvalue weighted by atomic mass is 10.2. The molecule has 0 aromatic heterocycles. The first-order valence-corrected chi connectivity index (χ1v) is 6.03. The van der Waals surface area contributed by atoms with E-state index in [2.05, 4.69) is 47.1 Å².